The molecular formula is C27H25IN2O2. The number of nitrogens with one attached hydrogen (secondary N) is 1. The number of benzene rings is 3. The van der Waals surface area contributed by atoms with Crippen LogP contribution in [0, 0.1) is 9.49 Å². The van der Waals surface area contributed by atoms with Crippen LogP contribution >= 0.6 is 22.6 Å². The first-order valence-electron chi connectivity index (χ1n) is 10.8. The molecule has 32 heavy (non-hydrogen) atoms. The van der Waals surface area contributed by atoms with Crippen molar-refractivity contribution in [3.8, 4) is 11.5 Å². The van der Waals surface area contributed by atoms with E-state index in [4.69, 9.17) is 9.47 Å². The number of rotatable bonds is 5. The Balaban J connectivity index is 1.37. The molecule has 1 N–H and O–H groups in total. The number of allylic oxidation sites excluding steroid dienone is 2. The van der Waals surface area contributed by atoms with Crippen LogP contribution in [0.5, 0.6) is 11.5 Å². The van der Waals surface area contributed by atoms with Crippen molar-refractivity contribution in [3.05, 3.63) is 93.1 Å². The number of anilines is 1. The third kappa shape index (κ3) is 3.90. The normalized spacial score (nSPS) is 21.2. The number of nitrogens with zero attached hydrogens (tertiary/aromatic N) is 1. The van der Waals surface area contributed by atoms with Gasteiger partial charge in [0.05, 0.1) is 29.5 Å². The van der Waals surface area contributed by atoms with Crippen LogP contribution < -0.4 is 14.8 Å². The largest absolute Gasteiger partial charge is 0.493 e. The van der Waals surface area contributed by atoms with Crippen LogP contribution in [0.25, 0.3) is 0 Å². The molecule has 0 amide bonds. The summed E-state index contributed by atoms with van der Waals surface area (Å²) in [4.78, 5) is 4.68. The molecule has 0 saturated heterocycles. The molecule has 1 heterocycles. The predicted octanol–water partition coefficient (Wildman–Crippen LogP) is 6.89. The van der Waals surface area contributed by atoms with Crippen LogP contribution in [0.3, 0.4) is 0 Å². The molecule has 2 aliphatic rings. The monoisotopic (exact) mass is 536 g/mol. The number of hydrogen-bond donors (Lipinski definition) is 1. The Kier molecular flexibility index (Phi) is 5.91. The van der Waals surface area contributed by atoms with E-state index >= 15 is 0 Å². The molecular weight excluding hydrogens is 511 g/mol. The third-order valence-corrected chi connectivity index (χ3v) is 7.14. The van der Waals surface area contributed by atoms with E-state index in [1.165, 1.54) is 16.8 Å². The van der Waals surface area contributed by atoms with Gasteiger partial charge in [-0.25, -0.2) is 0 Å². The molecule has 3 aromatic rings. The molecule has 1 aliphatic carbocycles. The van der Waals surface area contributed by atoms with E-state index in [9.17, 15) is 0 Å². The van der Waals surface area contributed by atoms with Gasteiger partial charge in [0, 0.05) is 17.8 Å². The molecule has 3 aromatic carbocycles. The number of ether oxygens (including phenoxy) is 2. The zero-order valence-electron chi connectivity index (χ0n) is 18.1. The standard InChI is InChI=1S/C27H25IN2O2/c1-31-25-15-17(14-23(28)27(25)32-2)16-29-19-12-10-18(11-13-19)26-22-8-5-7-20(22)21-6-3-4-9-24(21)30-26/h3-7,9-16,20,22,26,30H,8H2,1-2H3/t20-,22+,26-/m0/s1. The first kappa shape index (κ1) is 21.1. The third-order valence-electron chi connectivity index (χ3n) is 6.34. The van der Waals surface area contributed by atoms with E-state index in [0.717, 1.165) is 27.0 Å². The van der Waals surface area contributed by atoms with Crippen LogP contribution in [0.1, 0.15) is 35.1 Å². The Hall–Kier alpha value is -2.80. The fraction of sp³-hybridized carbons (Fsp3) is 0.222. The summed E-state index contributed by atoms with van der Waals surface area (Å²) in [5.41, 5.74) is 5.86. The second kappa shape index (κ2) is 8.98. The van der Waals surface area contributed by atoms with Crippen molar-refractivity contribution in [3.63, 3.8) is 0 Å². The maximum absolute atomic E-state index is 5.45. The van der Waals surface area contributed by atoms with Gasteiger partial charge in [-0.3, -0.25) is 4.99 Å². The molecule has 3 atom stereocenters. The van der Waals surface area contributed by atoms with Crippen molar-refractivity contribution in [2.24, 2.45) is 10.9 Å². The smallest absolute Gasteiger partial charge is 0.174 e. The molecule has 4 nitrogen and oxygen atoms in total. The summed E-state index contributed by atoms with van der Waals surface area (Å²) >= 11 is 2.25. The number of fused-ring (bicyclic) bond motifs is 3. The lowest BCUT2D eigenvalue weighted by atomic mass is 9.77. The van der Waals surface area contributed by atoms with Crippen molar-refractivity contribution in [1.82, 2.24) is 0 Å². The van der Waals surface area contributed by atoms with Gasteiger partial charge in [0.1, 0.15) is 0 Å². The lowest BCUT2D eigenvalue weighted by Crippen LogP contribution is -2.28. The highest BCUT2D eigenvalue weighted by molar-refractivity contribution is 14.1. The molecule has 0 bridgehead atoms. The Bertz CT molecular complexity index is 1190. The van der Waals surface area contributed by atoms with E-state index in [2.05, 4.69) is 93.6 Å². The first-order chi connectivity index (χ1) is 15.7. The number of methoxy groups -OCH3 is 2. The Morgan fingerprint density at radius 1 is 1.03 bits per heavy atom. The minimum absolute atomic E-state index is 0.301. The topological polar surface area (TPSA) is 42.8 Å². The highest BCUT2D eigenvalue weighted by atomic mass is 127. The Morgan fingerprint density at radius 2 is 1.84 bits per heavy atom. The summed E-state index contributed by atoms with van der Waals surface area (Å²) in [6.45, 7) is 0. The Morgan fingerprint density at radius 3 is 2.62 bits per heavy atom. The van der Waals surface area contributed by atoms with Gasteiger partial charge >= 0.3 is 0 Å². The quantitative estimate of drug-likeness (QED) is 0.220. The van der Waals surface area contributed by atoms with Crippen molar-refractivity contribution in [2.45, 2.75) is 18.4 Å². The van der Waals surface area contributed by atoms with Gasteiger partial charge in [-0.2, -0.15) is 0 Å². The van der Waals surface area contributed by atoms with E-state index in [1.807, 2.05) is 18.3 Å². The summed E-state index contributed by atoms with van der Waals surface area (Å²) in [6, 6.07) is 21.5. The summed E-state index contributed by atoms with van der Waals surface area (Å²) in [5, 5.41) is 3.79. The highest BCUT2D eigenvalue weighted by Crippen LogP contribution is 2.49. The van der Waals surface area contributed by atoms with Crippen LogP contribution in [0.2, 0.25) is 0 Å². The Labute approximate surface area is 202 Å². The zero-order valence-corrected chi connectivity index (χ0v) is 20.2. The summed E-state index contributed by atoms with van der Waals surface area (Å²) in [6.07, 6.45) is 7.68. The van der Waals surface area contributed by atoms with Gasteiger partial charge < -0.3 is 14.8 Å². The van der Waals surface area contributed by atoms with Gasteiger partial charge in [-0.05, 0) is 82.0 Å². The summed E-state index contributed by atoms with van der Waals surface area (Å²) < 4.78 is 11.9. The summed E-state index contributed by atoms with van der Waals surface area (Å²) in [5.74, 6) is 2.49. The van der Waals surface area contributed by atoms with Crippen molar-refractivity contribution < 1.29 is 9.47 Å². The van der Waals surface area contributed by atoms with Gasteiger partial charge in [0.2, 0.25) is 0 Å². The number of halogens is 1. The van der Waals surface area contributed by atoms with Crippen molar-refractivity contribution in [2.75, 3.05) is 19.5 Å². The van der Waals surface area contributed by atoms with E-state index < -0.39 is 0 Å². The molecule has 162 valence electrons. The fourth-order valence-electron chi connectivity index (χ4n) is 4.80. The highest BCUT2D eigenvalue weighted by Gasteiger charge is 2.37. The second-order valence-corrected chi connectivity index (χ2v) is 9.31. The van der Waals surface area contributed by atoms with Gasteiger partial charge in [-0.1, -0.05) is 42.5 Å². The van der Waals surface area contributed by atoms with E-state index in [0.29, 0.717) is 23.6 Å². The first-order valence-corrected chi connectivity index (χ1v) is 11.8. The number of hydrogen-bond acceptors (Lipinski definition) is 4. The van der Waals surface area contributed by atoms with E-state index in [1.54, 1.807) is 14.2 Å². The van der Waals surface area contributed by atoms with Gasteiger partial charge in [0.15, 0.2) is 11.5 Å². The van der Waals surface area contributed by atoms with Crippen molar-refractivity contribution >= 4 is 40.2 Å². The molecule has 0 saturated carbocycles. The predicted molar refractivity (Wildman–Crippen MR) is 139 cm³/mol. The molecule has 0 aromatic heterocycles. The minimum Gasteiger partial charge on any atom is -0.493 e. The number of aliphatic imine (C=N–C) groups is 1. The average molecular weight is 536 g/mol. The lowest BCUT2D eigenvalue weighted by Gasteiger charge is -2.37. The number of para-hydroxylation sites is 1. The van der Waals surface area contributed by atoms with E-state index in [-0.39, 0.29) is 0 Å². The minimum atomic E-state index is 0.301. The van der Waals surface area contributed by atoms with Crippen molar-refractivity contribution in [1.29, 1.82) is 0 Å². The second-order valence-electron chi connectivity index (χ2n) is 8.15. The molecule has 5 rings (SSSR count). The molecule has 0 unspecified atom stereocenters. The zero-order chi connectivity index (χ0) is 22.1. The van der Waals surface area contributed by atoms with Crippen LogP contribution in [-0.2, 0) is 0 Å². The SMILES string of the molecule is COc1cc(C=Nc2ccc([C@@H]3Nc4ccccc4[C@@H]4C=CC[C@H]43)cc2)cc(I)c1OC. The lowest BCUT2D eigenvalue weighted by molar-refractivity contribution is 0.353. The molecule has 0 spiro atoms. The molecule has 0 radical (unpaired) electrons. The molecule has 1 aliphatic heterocycles. The maximum Gasteiger partial charge on any atom is 0.174 e. The van der Waals surface area contributed by atoms with Crippen LogP contribution in [0.4, 0.5) is 11.4 Å². The maximum atomic E-state index is 5.45. The average Bonchev–Trinajstić information content (AvgIpc) is 3.32. The van der Waals surface area contributed by atoms with Crippen LogP contribution in [-0.4, -0.2) is 20.4 Å². The van der Waals surface area contributed by atoms with Gasteiger partial charge in [-0.15, -0.1) is 0 Å². The summed E-state index contributed by atoms with van der Waals surface area (Å²) in [7, 11) is 3.30. The van der Waals surface area contributed by atoms with Crippen LogP contribution in [0.15, 0.2) is 77.8 Å². The van der Waals surface area contributed by atoms with Gasteiger partial charge in [0.25, 0.3) is 0 Å². The molecule has 5 heteroatoms. The fourth-order valence-corrected chi connectivity index (χ4v) is 5.65. The molecule has 0 fully saturated rings.